The fourth-order valence-corrected chi connectivity index (χ4v) is 1.46. The van der Waals surface area contributed by atoms with Gasteiger partial charge < -0.3 is 10.8 Å². The van der Waals surface area contributed by atoms with E-state index >= 15 is 0 Å². The van der Waals surface area contributed by atoms with Gasteiger partial charge in [0.2, 0.25) is 0 Å². The predicted octanol–water partition coefficient (Wildman–Crippen LogP) is 3.72. The Hall–Kier alpha value is -2.28. The Bertz CT molecular complexity index is 633. The molecular formula is C13H10ClF3N2O2. The maximum atomic E-state index is 11.9. The van der Waals surface area contributed by atoms with E-state index in [2.05, 4.69) is 4.98 Å². The third kappa shape index (κ3) is 5.31. The minimum Gasteiger partial charge on any atom is -0.478 e. The number of pyridine rings is 1. The fourth-order valence-electron chi connectivity index (χ4n) is 1.26. The van der Waals surface area contributed by atoms with Crippen molar-refractivity contribution in [3.05, 3.63) is 58.9 Å². The van der Waals surface area contributed by atoms with Gasteiger partial charge in [-0.05, 0) is 30.3 Å². The summed E-state index contributed by atoms with van der Waals surface area (Å²) in [5, 5.41) is 8.46. The van der Waals surface area contributed by atoms with Gasteiger partial charge in [-0.1, -0.05) is 17.7 Å². The van der Waals surface area contributed by atoms with Crippen molar-refractivity contribution in [1.82, 2.24) is 4.98 Å². The van der Waals surface area contributed by atoms with Gasteiger partial charge in [-0.15, -0.1) is 0 Å². The fraction of sp³-hybridized carbons (Fsp3) is 0.0769. The highest BCUT2D eigenvalue weighted by atomic mass is 35.5. The summed E-state index contributed by atoms with van der Waals surface area (Å²) in [4.78, 5) is 13.9. The highest BCUT2D eigenvalue weighted by Crippen LogP contribution is 2.29. The minimum absolute atomic E-state index is 0.0231. The number of aromatic carboxylic acids is 1. The monoisotopic (exact) mass is 318 g/mol. The highest BCUT2D eigenvalue weighted by molar-refractivity contribution is 6.32. The van der Waals surface area contributed by atoms with Crippen molar-refractivity contribution in [1.29, 1.82) is 0 Å². The van der Waals surface area contributed by atoms with Gasteiger partial charge >= 0.3 is 12.1 Å². The van der Waals surface area contributed by atoms with Crippen LogP contribution in [0.4, 0.5) is 18.9 Å². The van der Waals surface area contributed by atoms with Gasteiger partial charge in [0.15, 0.2) is 0 Å². The summed E-state index contributed by atoms with van der Waals surface area (Å²) in [6, 6.07) is 7.50. The zero-order chi connectivity index (χ0) is 16.0. The quantitative estimate of drug-likeness (QED) is 0.620. The molecule has 3 N–H and O–H groups in total. The third-order valence-corrected chi connectivity index (χ3v) is 2.50. The molecule has 0 saturated carbocycles. The number of hydrogen-bond acceptors (Lipinski definition) is 3. The smallest absolute Gasteiger partial charge is 0.416 e. The Kier molecular flexibility index (Phi) is 5.54. The zero-order valence-corrected chi connectivity index (χ0v) is 11.2. The molecule has 0 atom stereocenters. The number of nitrogens with two attached hydrogens (primary N) is 1. The SMILES string of the molecule is Nc1cccc(C(F)(F)F)c1.O=C(O)c1cccnc1Cl. The maximum absolute atomic E-state index is 11.9. The molecule has 1 heterocycles. The van der Waals surface area contributed by atoms with E-state index < -0.39 is 17.7 Å². The number of rotatable bonds is 1. The van der Waals surface area contributed by atoms with Crippen molar-refractivity contribution >= 4 is 23.3 Å². The Morgan fingerprint density at radius 1 is 1.24 bits per heavy atom. The molecule has 8 heteroatoms. The molecule has 0 amide bonds. The molecule has 0 aliphatic heterocycles. The minimum atomic E-state index is -4.30. The average molecular weight is 319 g/mol. The van der Waals surface area contributed by atoms with E-state index in [1.807, 2.05) is 0 Å². The lowest BCUT2D eigenvalue weighted by Crippen LogP contribution is -2.04. The van der Waals surface area contributed by atoms with Crippen LogP contribution in [0.1, 0.15) is 15.9 Å². The van der Waals surface area contributed by atoms with Gasteiger partial charge in [0.05, 0.1) is 11.1 Å². The molecule has 0 unspecified atom stereocenters. The number of anilines is 1. The van der Waals surface area contributed by atoms with Crippen LogP contribution in [0.3, 0.4) is 0 Å². The Morgan fingerprint density at radius 3 is 2.29 bits per heavy atom. The van der Waals surface area contributed by atoms with Gasteiger partial charge in [0, 0.05) is 11.9 Å². The molecule has 4 nitrogen and oxygen atoms in total. The van der Waals surface area contributed by atoms with E-state index in [4.69, 9.17) is 22.4 Å². The topological polar surface area (TPSA) is 76.2 Å². The van der Waals surface area contributed by atoms with Crippen LogP contribution in [0.25, 0.3) is 0 Å². The predicted molar refractivity (Wildman–Crippen MR) is 72.1 cm³/mol. The van der Waals surface area contributed by atoms with E-state index in [0.717, 1.165) is 12.1 Å². The van der Waals surface area contributed by atoms with Crippen molar-refractivity contribution in [2.24, 2.45) is 0 Å². The Balaban J connectivity index is 0.000000211. The summed E-state index contributed by atoms with van der Waals surface area (Å²) in [5.74, 6) is -1.06. The molecule has 0 aliphatic carbocycles. The number of nitrogens with zero attached hydrogens (tertiary/aromatic N) is 1. The second-order valence-corrected chi connectivity index (χ2v) is 4.13. The van der Waals surface area contributed by atoms with Gasteiger partial charge in [-0.25, -0.2) is 9.78 Å². The van der Waals surface area contributed by atoms with Gasteiger partial charge in [0.25, 0.3) is 0 Å². The van der Waals surface area contributed by atoms with E-state index in [0.29, 0.717) is 0 Å². The van der Waals surface area contributed by atoms with Crippen molar-refractivity contribution in [2.45, 2.75) is 6.18 Å². The molecule has 0 spiro atoms. The molecule has 1 aromatic carbocycles. The number of carbonyl (C=O) groups is 1. The average Bonchev–Trinajstić information content (AvgIpc) is 2.38. The first-order valence-corrected chi connectivity index (χ1v) is 5.86. The van der Waals surface area contributed by atoms with Crippen LogP contribution in [-0.4, -0.2) is 16.1 Å². The van der Waals surface area contributed by atoms with Crippen LogP contribution < -0.4 is 5.73 Å². The van der Waals surface area contributed by atoms with E-state index in [1.165, 1.54) is 30.5 Å². The second-order valence-electron chi connectivity index (χ2n) is 3.77. The van der Waals surface area contributed by atoms with Crippen molar-refractivity contribution in [2.75, 3.05) is 5.73 Å². The Labute approximate surface area is 123 Å². The first kappa shape index (κ1) is 16.8. The lowest BCUT2D eigenvalue weighted by Gasteiger charge is -2.05. The molecular weight excluding hydrogens is 309 g/mol. The molecule has 0 aliphatic rings. The number of carboxylic acid groups (broad SMARTS) is 1. The number of alkyl halides is 3. The summed E-state index contributed by atoms with van der Waals surface area (Å²) < 4.78 is 35.7. The highest BCUT2D eigenvalue weighted by Gasteiger charge is 2.30. The van der Waals surface area contributed by atoms with Crippen molar-refractivity contribution in [3.63, 3.8) is 0 Å². The van der Waals surface area contributed by atoms with Gasteiger partial charge in [-0.2, -0.15) is 13.2 Å². The molecule has 21 heavy (non-hydrogen) atoms. The van der Waals surface area contributed by atoms with Crippen molar-refractivity contribution < 1.29 is 23.1 Å². The molecule has 2 rings (SSSR count). The van der Waals surface area contributed by atoms with Crippen LogP contribution in [0.15, 0.2) is 42.6 Å². The summed E-state index contributed by atoms with van der Waals surface area (Å²) in [7, 11) is 0. The standard InChI is InChI=1S/C7H6F3N.C6H4ClNO2/c8-7(9,10)5-2-1-3-6(11)4-5;7-5-4(6(9)10)2-1-3-8-5/h1-4H,11H2;1-3H,(H,9,10). The van der Waals surface area contributed by atoms with Crippen LogP contribution in [0.5, 0.6) is 0 Å². The maximum Gasteiger partial charge on any atom is 0.416 e. The molecule has 0 saturated heterocycles. The van der Waals surface area contributed by atoms with E-state index in [1.54, 1.807) is 0 Å². The Morgan fingerprint density at radius 2 is 1.90 bits per heavy atom. The molecule has 2 aromatic rings. The van der Waals surface area contributed by atoms with Gasteiger partial charge in [-0.3, -0.25) is 0 Å². The summed E-state index contributed by atoms with van der Waals surface area (Å²) in [6.07, 6.45) is -2.86. The van der Waals surface area contributed by atoms with E-state index in [-0.39, 0.29) is 16.4 Å². The van der Waals surface area contributed by atoms with E-state index in [9.17, 15) is 18.0 Å². The molecule has 0 fully saturated rings. The molecule has 0 bridgehead atoms. The zero-order valence-electron chi connectivity index (χ0n) is 10.4. The first-order valence-electron chi connectivity index (χ1n) is 5.48. The largest absolute Gasteiger partial charge is 0.478 e. The molecule has 112 valence electrons. The number of hydrogen-bond donors (Lipinski definition) is 2. The lowest BCUT2D eigenvalue weighted by atomic mass is 10.2. The number of carboxylic acids is 1. The normalized spacial score (nSPS) is 10.5. The van der Waals surface area contributed by atoms with Crippen LogP contribution in [0.2, 0.25) is 5.15 Å². The van der Waals surface area contributed by atoms with Crippen molar-refractivity contribution in [3.8, 4) is 0 Å². The lowest BCUT2D eigenvalue weighted by molar-refractivity contribution is -0.137. The van der Waals surface area contributed by atoms with Crippen LogP contribution >= 0.6 is 11.6 Å². The third-order valence-electron chi connectivity index (χ3n) is 2.20. The summed E-state index contributed by atoms with van der Waals surface area (Å²) in [5.41, 5.74) is 4.60. The molecule has 1 aromatic heterocycles. The first-order chi connectivity index (χ1) is 9.71. The van der Waals surface area contributed by atoms with Crippen LogP contribution in [0, 0.1) is 0 Å². The summed E-state index contributed by atoms with van der Waals surface area (Å²) >= 11 is 5.43. The van der Waals surface area contributed by atoms with Gasteiger partial charge in [0.1, 0.15) is 5.15 Å². The van der Waals surface area contributed by atoms with Crippen LogP contribution in [-0.2, 0) is 6.18 Å². The number of halogens is 4. The summed E-state index contributed by atoms with van der Waals surface area (Å²) in [6.45, 7) is 0. The number of nitrogen functional groups attached to an aromatic ring is 1. The molecule has 0 radical (unpaired) electrons. The number of benzene rings is 1. The number of aromatic nitrogens is 1. The second kappa shape index (κ2) is 6.94.